The lowest BCUT2D eigenvalue weighted by atomic mass is 10.1. The highest BCUT2D eigenvalue weighted by molar-refractivity contribution is 6.33. The van der Waals surface area contributed by atoms with E-state index in [1.807, 2.05) is 29.9 Å². The molecule has 134 valence electrons. The van der Waals surface area contributed by atoms with Crippen LogP contribution in [0, 0.1) is 5.82 Å². The molecule has 1 aliphatic rings. The standard InChI is InChI=1S/C18H21ClFN3O2/c1-22-7-3-6-15(22)16(23-8-10-25-11-9-23)12-21-18(24)17-13(19)4-2-5-14(17)20/h2-7,16H,8-12H2,1H3,(H,21,24)/t16-/m1/s1. The van der Waals surface area contributed by atoms with Gasteiger partial charge in [0.25, 0.3) is 5.91 Å². The minimum Gasteiger partial charge on any atom is -0.379 e. The molecule has 0 radical (unpaired) electrons. The maximum absolute atomic E-state index is 13.9. The molecule has 7 heteroatoms. The summed E-state index contributed by atoms with van der Waals surface area (Å²) in [6, 6.07) is 8.21. The SMILES string of the molecule is Cn1cccc1[C@@H](CNC(=O)c1c(F)cccc1Cl)N1CCOCC1. The third-order valence-electron chi connectivity index (χ3n) is 4.46. The first-order valence-corrected chi connectivity index (χ1v) is 8.61. The van der Waals surface area contributed by atoms with Crippen LogP contribution in [0.25, 0.3) is 0 Å². The number of rotatable bonds is 5. The van der Waals surface area contributed by atoms with Gasteiger partial charge < -0.3 is 14.6 Å². The van der Waals surface area contributed by atoms with E-state index in [4.69, 9.17) is 16.3 Å². The number of ether oxygens (including phenoxy) is 1. The lowest BCUT2D eigenvalue weighted by molar-refractivity contribution is 0.0148. The number of hydrogen-bond donors (Lipinski definition) is 1. The number of carbonyl (C=O) groups excluding carboxylic acids is 1. The van der Waals surface area contributed by atoms with Crippen molar-refractivity contribution in [3.63, 3.8) is 0 Å². The number of nitrogens with zero attached hydrogens (tertiary/aromatic N) is 2. The van der Waals surface area contributed by atoms with Gasteiger partial charge in [-0.3, -0.25) is 9.69 Å². The molecular weight excluding hydrogens is 345 g/mol. The van der Waals surface area contributed by atoms with E-state index < -0.39 is 11.7 Å². The van der Waals surface area contributed by atoms with Gasteiger partial charge in [0.15, 0.2) is 0 Å². The van der Waals surface area contributed by atoms with Crippen molar-refractivity contribution in [2.45, 2.75) is 6.04 Å². The fourth-order valence-corrected chi connectivity index (χ4v) is 3.37. The van der Waals surface area contributed by atoms with E-state index in [1.54, 1.807) is 0 Å². The van der Waals surface area contributed by atoms with E-state index in [0.717, 1.165) is 18.8 Å². The van der Waals surface area contributed by atoms with Crippen LogP contribution in [0.4, 0.5) is 4.39 Å². The number of nitrogens with one attached hydrogen (secondary N) is 1. The number of halogens is 2. The van der Waals surface area contributed by atoms with Crippen molar-refractivity contribution < 1.29 is 13.9 Å². The molecule has 0 unspecified atom stereocenters. The highest BCUT2D eigenvalue weighted by atomic mass is 35.5. The van der Waals surface area contributed by atoms with Gasteiger partial charge in [-0.1, -0.05) is 17.7 Å². The molecule has 3 rings (SSSR count). The van der Waals surface area contributed by atoms with Gasteiger partial charge in [0.1, 0.15) is 5.82 Å². The van der Waals surface area contributed by atoms with Crippen LogP contribution in [0.3, 0.4) is 0 Å². The van der Waals surface area contributed by atoms with Gasteiger partial charge in [-0.05, 0) is 24.3 Å². The van der Waals surface area contributed by atoms with Crippen LogP contribution in [0.5, 0.6) is 0 Å². The summed E-state index contributed by atoms with van der Waals surface area (Å²) in [5, 5.41) is 2.94. The smallest absolute Gasteiger partial charge is 0.255 e. The van der Waals surface area contributed by atoms with Crippen molar-refractivity contribution in [3.8, 4) is 0 Å². The summed E-state index contributed by atoms with van der Waals surface area (Å²) in [7, 11) is 1.97. The molecular formula is C18H21ClFN3O2. The number of aromatic nitrogens is 1. The Labute approximate surface area is 151 Å². The summed E-state index contributed by atoms with van der Waals surface area (Å²) >= 11 is 5.98. The Morgan fingerprint density at radius 1 is 1.32 bits per heavy atom. The molecule has 1 aromatic carbocycles. The largest absolute Gasteiger partial charge is 0.379 e. The quantitative estimate of drug-likeness (QED) is 0.886. The molecule has 2 heterocycles. The van der Waals surface area contributed by atoms with Gasteiger partial charge in [-0.25, -0.2) is 4.39 Å². The fraction of sp³-hybridized carbons (Fsp3) is 0.389. The lowest BCUT2D eigenvalue weighted by Gasteiger charge is -2.35. The van der Waals surface area contributed by atoms with E-state index in [-0.39, 0.29) is 16.6 Å². The van der Waals surface area contributed by atoms with Crippen LogP contribution in [0.15, 0.2) is 36.5 Å². The Balaban J connectivity index is 1.76. The molecule has 1 saturated heterocycles. The molecule has 0 spiro atoms. The molecule has 0 bridgehead atoms. The number of amides is 1. The third kappa shape index (κ3) is 4.03. The third-order valence-corrected chi connectivity index (χ3v) is 4.77. The van der Waals surface area contributed by atoms with Crippen molar-refractivity contribution in [2.75, 3.05) is 32.8 Å². The van der Waals surface area contributed by atoms with Gasteiger partial charge in [-0.15, -0.1) is 0 Å². The number of carbonyl (C=O) groups is 1. The zero-order valence-electron chi connectivity index (χ0n) is 14.0. The summed E-state index contributed by atoms with van der Waals surface area (Å²) < 4.78 is 21.4. The van der Waals surface area contributed by atoms with E-state index in [9.17, 15) is 9.18 Å². The van der Waals surface area contributed by atoms with E-state index in [2.05, 4.69) is 10.2 Å². The van der Waals surface area contributed by atoms with Crippen LogP contribution >= 0.6 is 11.6 Å². The van der Waals surface area contributed by atoms with Crippen LogP contribution in [0.1, 0.15) is 22.1 Å². The molecule has 1 aromatic heterocycles. The molecule has 5 nitrogen and oxygen atoms in total. The van der Waals surface area contributed by atoms with E-state index in [0.29, 0.717) is 19.8 Å². The van der Waals surface area contributed by atoms with Crippen LogP contribution in [-0.4, -0.2) is 48.2 Å². The monoisotopic (exact) mass is 365 g/mol. The second kappa shape index (κ2) is 7.99. The second-order valence-electron chi connectivity index (χ2n) is 6.01. The van der Waals surface area contributed by atoms with Crippen molar-refractivity contribution in [1.29, 1.82) is 0 Å². The summed E-state index contributed by atoms with van der Waals surface area (Å²) in [5.41, 5.74) is 0.971. The average molecular weight is 366 g/mol. The van der Waals surface area contributed by atoms with Gasteiger partial charge in [-0.2, -0.15) is 0 Å². The Morgan fingerprint density at radius 2 is 2.08 bits per heavy atom. The maximum atomic E-state index is 13.9. The lowest BCUT2D eigenvalue weighted by Crippen LogP contribution is -2.44. The fourth-order valence-electron chi connectivity index (χ4n) is 3.12. The first-order chi connectivity index (χ1) is 12.1. The Morgan fingerprint density at radius 3 is 2.72 bits per heavy atom. The van der Waals surface area contributed by atoms with E-state index >= 15 is 0 Å². The maximum Gasteiger partial charge on any atom is 0.255 e. The van der Waals surface area contributed by atoms with Crippen LogP contribution < -0.4 is 5.32 Å². The number of aryl methyl sites for hydroxylation is 1. The van der Waals surface area contributed by atoms with Crippen molar-refractivity contribution >= 4 is 17.5 Å². The van der Waals surface area contributed by atoms with Gasteiger partial charge in [0, 0.05) is 38.6 Å². The van der Waals surface area contributed by atoms with E-state index in [1.165, 1.54) is 18.2 Å². The normalized spacial score (nSPS) is 16.6. The topological polar surface area (TPSA) is 46.5 Å². The molecule has 0 saturated carbocycles. The highest BCUT2D eigenvalue weighted by Gasteiger charge is 2.26. The zero-order chi connectivity index (χ0) is 17.8. The number of benzene rings is 1. The second-order valence-corrected chi connectivity index (χ2v) is 6.42. The van der Waals surface area contributed by atoms with Crippen LogP contribution in [0.2, 0.25) is 5.02 Å². The molecule has 2 aromatic rings. The average Bonchev–Trinajstić information content (AvgIpc) is 3.02. The van der Waals surface area contributed by atoms with Gasteiger partial charge in [0.2, 0.25) is 0 Å². The molecule has 1 N–H and O–H groups in total. The molecule has 1 fully saturated rings. The zero-order valence-corrected chi connectivity index (χ0v) is 14.8. The van der Waals surface area contributed by atoms with Crippen LogP contribution in [-0.2, 0) is 11.8 Å². The van der Waals surface area contributed by atoms with Crippen molar-refractivity contribution in [1.82, 2.24) is 14.8 Å². The minimum absolute atomic E-state index is 0.0154. The predicted molar refractivity (Wildman–Crippen MR) is 94.3 cm³/mol. The molecule has 1 aliphatic heterocycles. The highest BCUT2D eigenvalue weighted by Crippen LogP contribution is 2.23. The van der Waals surface area contributed by atoms with Crippen molar-refractivity contribution in [3.05, 3.63) is 58.6 Å². The Bertz CT molecular complexity index is 723. The molecule has 1 atom stereocenters. The first kappa shape index (κ1) is 17.9. The number of morpholine rings is 1. The predicted octanol–water partition coefficient (Wildman–Crippen LogP) is 2.62. The summed E-state index contributed by atoms with van der Waals surface area (Å²) in [4.78, 5) is 14.7. The summed E-state index contributed by atoms with van der Waals surface area (Å²) in [5.74, 6) is -1.12. The van der Waals surface area contributed by atoms with Gasteiger partial charge >= 0.3 is 0 Å². The Kier molecular flexibility index (Phi) is 5.73. The summed E-state index contributed by atoms with van der Waals surface area (Å²) in [6.07, 6.45) is 1.97. The summed E-state index contributed by atoms with van der Waals surface area (Å²) in [6.45, 7) is 3.25. The minimum atomic E-state index is -0.619. The molecule has 1 amide bonds. The molecule has 25 heavy (non-hydrogen) atoms. The Hall–Kier alpha value is -1.89. The molecule has 0 aliphatic carbocycles. The van der Waals surface area contributed by atoms with Crippen molar-refractivity contribution in [2.24, 2.45) is 7.05 Å². The first-order valence-electron chi connectivity index (χ1n) is 8.23. The van der Waals surface area contributed by atoms with Gasteiger partial charge in [0.05, 0.1) is 29.8 Å². The number of hydrogen-bond acceptors (Lipinski definition) is 3.